The first-order valence-electron chi connectivity index (χ1n) is 8.64. The molecule has 0 saturated carbocycles. The minimum Gasteiger partial charge on any atom is -0.343 e. The maximum Gasteiger partial charge on any atom is 0.255 e. The van der Waals surface area contributed by atoms with Crippen LogP contribution in [0, 0.1) is 6.92 Å². The quantitative estimate of drug-likeness (QED) is 0.543. The summed E-state index contributed by atoms with van der Waals surface area (Å²) in [6.07, 6.45) is 6.64. The highest BCUT2D eigenvalue weighted by Crippen LogP contribution is 2.27. The number of carbonyl (C=O) groups excluding carboxylic acids is 1. The second kappa shape index (κ2) is 7.25. The van der Waals surface area contributed by atoms with Gasteiger partial charge in [-0.25, -0.2) is 9.97 Å². The number of hydrogen-bond acceptors (Lipinski definition) is 3. The lowest BCUT2D eigenvalue weighted by molar-refractivity contribution is -0.113. The normalized spacial score (nSPS) is 11.1. The summed E-state index contributed by atoms with van der Waals surface area (Å²) in [4.78, 5) is 26.2. The van der Waals surface area contributed by atoms with Gasteiger partial charge in [0.15, 0.2) is 5.65 Å². The molecule has 1 N–H and O–H groups in total. The van der Waals surface area contributed by atoms with E-state index in [9.17, 15) is 4.79 Å². The van der Waals surface area contributed by atoms with Crippen molar-refractivity contribution in [3.63, 3.8) is 0 Å². The molecule has 0 aliphatic carbocycles. The maximum atomic E-state index is 13.1. The van der Waals surface area contributed by atoms with Crippen LogP contribution in [0.3, 0.4) is 0 Å². The fourth-order valence-electron chi connectivity index (χ4n) is 2.84. The first-order chi connectivity index (χ1) is 13.2. The lowest BCUT2D eigenvalue weighted by Gasteiger charge is -2.21. The minimum atomic E-state index is -0.150. The summed E-state index contributed by atoms with van der Waals surface area (Å²) in [6.45, 7) is 2.02. The van der Waals surface area contributed by atoms with Gasteiger partial charge in [-0.3, -0.25) is 9.69 Å². The van der Waals surface area contributed by atoms with Gasteiger partial charge in [0.25, 0.3) is 5.91 Å². The molecule has 4 aromatic rings. The zero-order valence-corrected chi connectivity index (χ0v) is 14.8. The van der Waals surface area contributed by atoms with Gasteiger partial charge in [0.05, 0.1) is 23.7 Å². The molecule has 5 heteroatoms. The standard InChI is InChI=1S/C22H18N4O/c1-16-7-10-18(11-8-16)26(19-13-20-22(23-14-19)25-15-24-20)21(27)12-9-17-5-3-2-4-6-17/h2-15H,1H3,(H,23,24,25)/b12-9+. The van der Waals surface area contributed by atoms with E-state index in [1.54, 1.807) is 23.5 Å². The zero-order chi connectivity index (χ0) is 18.6. The fourth-order valence-corrected chi connectivity index (χ4v) is 2.84. The zero-order valence-electron chi connectivity index (χ0n) is 14.8. The number of hydrogen-bond donors (Lipinski definition) is 1. The summed E-state index contributed by atoms with van der Waals surface area (Å²) in [5.41, 5.74) is 4.96. The van der Waals surface area contributed by atoms with Gasteiger partial charge in [-0.2, -0.15) is 0 Å². The number of nitrogens with one attached hydrogen (secondary N) is 1. The number of aryl methyl sites for hydroxylation is 1. The van der Waals surface area contributed by atoms with Crippen molar-refractivity contribution in [3.05, 3.63) is 90.4 Å². The van der Waals surface area contributed by atoms with Crippen LogP contribution in [0.2, 0.25) is 0 Å². The van der Waals surface area contributed by atoms with Gasteiger partial charge in [0.2, 0.25) is 0 Å². The van der Waals surface area contributed by atoms with Crippen LogP contribution in [0.25, 0.3) is 17.2 Å². The SMILES string of the molecule is Cc1ccc(N(C(=O)/C=C/c2ccccc2)c2cnc3nc[nH]c3c2)cc1. The Kier molecular flexibility index (Phi) is 4.49. The molecule has 0 unspecified atom stereocenters. The Morgan fingerprint density at radius 2 is 1.78 bits per heavy atom. The number of aromatic nitrogens is 3. The maximum absolute atomic E-state index is 13.1. The monoisotopic (exact) mass is 354 g/mol. The molecule has 0 aliphatic heterocycles. The predicted octanol–water partition coefficient (Wildman–Crippen LogP) is 4.64. The number of aromatic amines is 1. The molecule has 0 fully saturated rings. The topological polar surface area (TPSA) is 61.9 Å². The summed E-state index contributed by atoms with van der Waals surface area (Å²) in [7, 11) is 0. The third-order valence-electron chi connectivity index (χ3n) is 4.25. The molecule has 27 heavy (non-hydrogen) atoms. The number of carbonyl (C=O) groups is 1. The van der Waals surface area contributed by atoms with Gasteiger partial charge < -0.3 is 4.98 Å². The van der Waals surface area contributed by atoms with E-state index in [4.69, 9.17) is 0 Å². The summed E-state index contributed by atoms with van der Waals surface area (Å²) in [5, 5.41) is 0. The Labute approximate surface area is 157 Å². The van der Waals surface area contributed by atoms with E-state index in [0.717, 1.165) is 22.3 Å². The van der Waals surface area contributed by atoms with E-state index in [2.05, 4.69) is 15.0 Å². The molecule has 0 saturated heterocycles. The summed E-state index contributed by atoms with van der Waals surface area (Å²) in [6, 6.07) is 19.5. The van der Waals surface area contributed by atoms with Gasteiger partial charge in [-0.05, 0) is 36.8 Å². The van der Waals surface area contributed by atoms with Gasteiger partial charge in [-0.15, -0.1) is 0 Å². The van der Waals surface area contributed by atoms with Crippen LogP contribution in [-0.4, -0.2) is 20.9 Å². The second-order valence-electron chi connectivity index (χ2n) is 6.22. The van der Waals surface area contributed by atoms with Crippen molar-refractivity contribution in [1.82, 2.24) is 15.0 Å². The lowest BCUT2D eigenvalue weighted by atomic mass is 10.2. The van der Waals surface area contributed by atoms with Crippen LogP contribution in [0.5, 0.6) is 0 Å². The average molecular weight is 354 g/mol. The Balaban J connectivity index is 1.74. The van der Waals surface area contributed by atoms with Crippen molar-refractivity contribution in [1.29, 1.82) is 0 Å². The number of pyridine rings is 1. The predicted molar refractivity (Wildman–Crippen MR) is 108 cm³/mol. The van der Waals surface area contributed by atoms with E-state index in [1.807, 2.05) is 73.7 Å². The van der Waals surface area contributed by atoms with Crippen LogP contribution < -0.4 is 4.90 Å². The van der Waals surface area contributed by atoms with Crippen molar-refractivity contribution >= 4 is 34.5 Å². The van der Waals surface area contributed by atoms with Crippen LogP contribution in [0.1, 0.15) is 11.1 Å². The highest BCUT2D eigenvalue weighted by molar-refractivity contribution is 6.09. The van der Waals surface area contributed by atoms with Gasteiger partial charge in [0, 0.05) is 11.8 Å². The van der Waals surface area contributed by atoms with Gasteiger partial charge >= 0.3 is 0 Å². The lowest BCUT2D eigenvalue weighted by Crippen LogP contribution is -2.24. The third kappa shape index (κ3) is 3.62. The number of fused-ring (bicyclic) bond motifs is 1. The number of benzene rings is 2. The number of anilines is 2. The molecule has 0 radical (unpaired) electrons. The summed E-state index contributed by atoms with van der Waals surface area (Å²) < 4.78 is 0. The Morgan fingerprint density at radius 1 is 1.00 bits per heavy atom. The molecule has 0 aliphatic rings. The Hall–Kier alpha value is -3.73. The van der Waals surface area contributed by atoms with Crippen LogP contribution in [0.15, 0.2) is 79.3 Å². The molecule has 1 amide bonds. The van der Waals surface area contributed by atoms with E-state index in [1.165, 1.54) is 0 Å². The molecule has 5 nitrogen and oxygen atoms in total. The van der Waals surface area contributed by atoms with Crippen molar-refractivity contribution in [3.8, 4) is 0 Å². The van der Waals surface area contributed by atoms with Crippen molar-refractivity contribution in [2.24, 2.45) is 0 Å². The highest BCUT2D eigenvalue weighted by atomic mass is 16.2. The molecule has 132 valence electrons. The highest BCUT2D eigenvalue weighted by Gasteiger charge is 2.17. The molecule has 0 spiro atoms. The van der Waals surface area contributed by atoms with Crippen molar-refractivity contribution in [2.45, 2.75) is 6.92 Å². The van der Waals surface area contributed by atoms with Crippen molar-refractivity contribution < 1.29 is 4.79 Å². The molecule has 2 heterocycles. The van der Waals surface area contributed by atoms with E-state index in [0.29, 0.717) is 11.3 Å². The molecule has 2 aromatic heterocycles. The molecule has 4 rings (SSSR count). The van der Waals surface area contributed by atoms with Gasteiger partial charge in [0.1, 0.15) is 0 Å². The number of H-pyrrole nitrogens is 1. The number of amides is 1. The number of imidazole rings is 1. The van der Waals surface area contributed by atoms with E-state index >= 15 is 0 Å². The van der Waals surface area contributed by atoms with Crippen LogP contribution in [-0.2, 0) is 4.79 Å². The van der Waals surface area contributed by atoms with Crippen molar-refractivity contribution in [2.75, 3.05) is 4.90 Å². The smallest absolute Gasteiger partial charge is 0.255 e. The Bertz CT molecular complexity index is 1100. The second-order valence-corrected chi connectivity index (χ2v) is 6.22. The number of nitrogens with zero attached hydrogens (tertiary/aromatic N) is 3. The molecule has 2 aromatic carbocycles. The molecular weight excluding hydrogens is 336 g/mol. The third-order valence-corrected chi connectivity index (χ3v) is 4.25. The van der Waals surface area contributed by atoms with E-state index in [-0.39, 0.29) is 5.91 Å². The Morgan fingerprint density at radius 3 is 2.56 bits per heavy atom. The summed E-state index contributed by atoms with van der Waals surface area (Å²) in [5.74, 6) is -0.150. The summed E-state index contributed by atoms with van der Waals surface area (Å²) >= 11 is 0. The number of rotatable bonds is 4. The molecule has 0 bridgehead atoms. The molecule has 0 atom stereocenters. The minimum absolute atomic E-state index is 0.150. The van der Waals surface area contributed by atoms with E-state index < -0.39 is 0 Å². The van der Waals surface area contributed by atoms with Crippen LogP contribution in [0.4, 0.5) is 11.4 Å². The molecular formula is C22H18N4O. The first kappa shape index (κ1) is 16.7. The van der Waals surface area contributed by atoms with Gasteiger partial charge in [-0.1, -0.05) is 48.0 Å². The first-order valence-corrected chi connectivity index (χ1v) is 8.64. The van der Waals surface area contributed by atoms with Crippen LogP contribution >= 0.6 is 0 Å². The average Bonchev–Trinajstić information content (AvgIpc) is 3.17. The fraction of sp³-hybridized carbons (Fsp3) is 0.0455. The largest absolute Gasteiger partial charge is 0.343 e.